The number of halogens is 1. The molecule has 0 spiro atoms. The molecule has 0 aromatic heterocycles. The van der Waals surface area contributed by atoms with E-state index in [0.29, 0.717) is 23.7 Å². The summed E-state index contributed by atoms with van der Waals surface area (Å²) in [6, 6.07) is 7.00. The average Bonchev–Trinajstić information content (AvgIpc) is 2.36. The molecule has 1 aromatic rings. The minimum absolute atomic E-state index is 0.0914. The fourth-order valence-electron chi connectivity index (χ4n) is 1.62. The van der Waals surface area contributed by atoms with Crippen LogP contribution in [-0.2, 0) is 11.2 Å². The molecule has 1 aromatic carbocycles. The molecule has 1 rings (SSSR count). The molecule has 2 atom stereocenters. The number of aliphatic hydroxyl groups excluding tert-OH is 2. The van der Waals surface area contributed by atoms with Gasteiger partial charge in [-0.1, -0.05) is 40.2 Å². The Hall–Kier alpha value is -0.910. The van der Waals surface area contributed by atoms with Crippen molar-refractivity contribution in [1.82, 2.24) is 0 Å². The van der Waals surface area contributed by atoms with Crippen LogP contribution in [0.1, 0.15) is 30.1 Å². The summed E-state index contributed by atoms with van der Waals surface area (Å²) in [7, 11) is 0. The highest BCUT2D eigenvalue weighted by Crippen LogP contribution is 2.20. The largest absolute Gasteiger partial charge is 0.481 e. The highest BCUT2D eigenvalue weighted by molar-refractivity contribution is 9.09. The monoisotopic (exact) mass is 316 g/mol. The quantitative estimate of drug-likeness (QED) is 0.671. The van der Waals surface area contributed by atoms with Crippen LogP contribution in [0.5, 0.6) is 0 Å². The lowest BCUT2D eigenvalue weighted by Gasteiger charge is -2.17. The van der Waals surface area contributed by atoms with Crippen LogP contribution in [-0.4, -0.2) is 32.7 Å². The van der Waals surface area contributed by atoms with Gasteiger partial charge in [-0.15, -0.1) is 0 Å². The second-order valence-corrected chi connectivity index (χ2v) is 4.92. The number of aliphatic hydroxyl groups is 2. The van der Waals surface area contributed by atoms with Gasteiger partial charge < -0.3 is 15.3 Å². The van der Waals surface area contributed by atoms with Gasteiger partial charge in [0.25, 0.3) is 0 Å². The second kappa shape index (κ2) is 7.51. The molecule has 0 saturated carbocycles. The van der Waals surface area contributed by atoms with Crippen LogP contribution in [0.3, 0.4) is 0 Å². The SMILES string of the molecule is O=C(O)CCc1ccc(C(O)C(O)CCBr)cc1. The van der Waals surface area contributed by atoms with E-state index in [1.54, 1.807) is 24.3 Å². The van der Waals surface area contributed by atoms with Gasteiger partial charge in [-0.05, 0) is 24.0 Å². The molecule has 4 nitrogen and oxygen atoms in total. The van der Waals surface area contributed by atoms with Gasteiger partial charge in [-0.25, -0.2) is 0 Å². The molecular weight excluding hydrogens is 300 g/mol. The molecule has 0 amide bonds. The van der Waals surface area contributed by atoms with E-state index in [-0.39, 0.29) is 6.42 Å². The Bertz CT molecular complexity index is 377. The van der Waals surface area contributed by atoms with Crippen molar-refractivity contribution in [2.75, 3.05) is 5.33 Å². The number of benzene rings is 1. The fourth-order valence-corrected chi connectivity index (χ4v) is 2.09. The van der Waals surface area contributed by atoms with Gasteiger partial charge in [-0.2, -0.15) is 0 Å². The van der Waals surface area contributed by atoms with Gasteiger partial charge in [0.05, 0.1) is 6.10 Å². The third-order valence-corrected chi connectivity index (χ3v) is 3.18. The fraction of sp³-hybridized carbons (Fsp3) is 0.462. The van der Waals surface area contributed by atoms with Gasteiger partial charge in [-0.3, -0.25) is 4.79 Å². The van der Waals surface area contributed by atoms with Crippen molar-refractivity contribution in [2.24, 2.45) is 0 Å². The summed E-state index contributed by atoms with van der Waals surface area (Å²) in [5, 5.41) is 28.7. The van der Waals surface area contributed by atoms with E-state index in [4.69, 9.17) is 5.11 Å². The van der Waals surface area contributed by atoms with E-state index in [1.165, 1.54) is 0 Å². The maximum Gasteiger partial charge on any atom is 0.303 e. The maximum atomic E-state index is 10.4. The summed E-state index contributed by atoms with van der Waals surface area (Å²) in [5.74, 6) is -0.827. The van der Waals surface area contributed by atoms with E-state index in [1.807, 2.05) is 0 Å². The Morgan fingerprint density at radius 1 is 1.22 bits per heavy atom. The minimum Gasteiger partial charge on any atom is -0.481 e. The Morgan fingerprint density at radius 3 is 2.33 bits per heavy atom. The van der Waals surface area contributed by atoms with E-state index in [9.17, 15) is 15.0 Å². The zero-order valence-electron chi connectivity index (χ0n) is 9.92. The first kappa shape index (κ1) is 15.1. The Morgan fingerprint density at radius 2 is 1.83 bits per heavy atom. The van der Waals surface area contributed by atoms with Crippen LogP contribution in [0.15, 0.2) is 24.3 Å². The van der Waals surface area contributed by atoms with Crippen molar-refractivity contribution < 1.29 is 20.1 Å². The molecule has 3 N–H and O–H groups in total. The number of rotatable bonds is 7. The van der Waals surface area contributed by atoms with Crippen molar-refractivity contribution in [3.05, 3.63) is 35.4 Å². The van der Waals surface area contributed by atoms with Crippen LogP contribution < -0.4 is 0 Å². The van der Waals surface area contributed by atoms with E-state index in [2.05, 4.69) is 15.9 Å². The molecule has 0 heterocycles. The molecule has 18 heavy (non-hydrogen) atoms. The van der Waals surface area contributed by atoms with Gasteiger partial charge in [0.2, 0.25) is 0 Å². The van der Waals surface area contributed by atoms with Crippen LogP contribution in [0.4, 0.5) is 0 Å². The van der Waals surface area contributed by atoms with Crippen LogP contribution in [0.2, 0.25) is 0 Å². The number of aliphatic carboxylic acids is 1. The number of carboxylic acid groups (broad SMARTS) is 1. The second-order valence-electron chi connectivity index (χ2n) is 4.13. The van der Waals surface area contributed by atoms with E-state index >= 15 is 0 Å². The average molecular weight is 317 g/mol. The summed E-state index contributed by atoms with van der Waals surface area (Å²) < 4.78 is 0. The molecule has 0 saturated heterocycles. The Balaban J connectivity index is 2.61. The molecule has 2 unspecified atom stereocenters. The Labute approximate surface area is 114 Å². The summed E-state index contributed by atoms with van der Waals surface area (Å²) in [5.41, 5.74) is 1.55. The molecular formula is C13H17BrO4. The van der Waals surface area contributed by atoms with Crippen LogP contribution in [0, 0.1) is 0 Å². The maximum absolute atomic E-state index is 10.4. The highest BCUT2D eigenvalue weighted by Gasteiger charge is 2.17. The molecule has 100 valence electrons. The van der Waals surface area contributed by atoms with Crippen LogP contribution >= 0.6 is 15.9 Å². The number of alkyl halides is 1. The Kier molecular flexibility index (Phi) is 6.32. The number of hydrogen-bond donors (Lipinski definition) is 3. The first-order valence-electron chi connectivity index (χ1n) is 5.77. The van der Waals surface area contributed by atoms with Crippen molar-refractivity contribution in [2.45, 2.75) is 31.5 Å². The van der Waals surface area contributed by atoms with Crippen molar-refractivity contribution in [3.63, 3.8) is 0 Å². The van der Waals surface area contributed by atoms with Gasteiger partial charge in [0, 0.05) is 11.8 Å². The lowest BCUT2D eigenvalue weighted by atomic mass is 10.00. The van der Waals surface area contributed by atoms with Gasteiger partial charge in [0.15, 0.2) is 0 Å². The van der Waals surface area contributed by atoms with Gasteiger partial charge >= 0.3 is 5.97 Å². The first-order valence-corrected chi connectivity index (χ1v) is 6.89. The number of carbonyl (C=O) groups is 1. The van der Waals surface area contributed by atoms with E-state index in [0.717, 1.165) is 5.56 Å². The van der Waals surface area contributed by atoms with Crippen molar-refractivity contribution in [1.29, 1.82) is 0 Å². The molecule has 0 aliphatic carbocycles. The first-order chi connectivity index (χ1) is 8.54. The molecule has 0 aliphatic heterocycles. The molecule has 0 radical (unpaired) electrons. The number of aryl methyl sites for hydroxylation is 1. The van der Waals surface area contributed by atoms with Gasteiger partial charge in [0.1, 0.15) is 6.10 Å². The summed E-state index contributed by atoms with van der Waals surface area (Å²) >= 11 is 3.21. The predicted molar refractivity (Wildman–Crippen MR) is 71.8 cm³/mol. The lowest BCUT2D eigenvalue weighted by Crippen LogP contribution is -2.18. The molecule has 5 heteroatoms. The highest BCUT2D eigenvalue weighted by atomic mass is 79.9. The summed E-state index contributed by atoms with van der Waals surface area (Å²) in [6.45, 7) is 0. The number of carboxylic acids is 1. The lowest BCUT2D eigenvalue weighted by molar-refractivity contribution is -0.136. The summed E-state index contributed by atoms with van der Waals surface area (Å²) in [6.07, 6.45) is -0.670. The molecule has 0 aliphatic rings. The zero-order chi connectivity index (χ0) is 13.5. The number of hydrogen-bond acceptors (Lipinski definition) is 3. The third kappa shape index (κ3) is 4.76. The summed E-state index contributed by atoms with van der Waals surface area (Å²) in [4.78, 5) is 10.4. The van der Waals surface area contributed by atoms with Crippen molar-refractivity contribution >= 4 is 21.9 Å². The normalized spacial score (nSPS) is 14.2. The smallest absolute Gasteiger partial charge is 0.303 e. The predicted octanol–water partition coefficient (Wildman–Crippen LogP) is 1.88. The van der Waals surface area contributed by atoms with Crippen molar-refractivity contribution in [3.8, 4) is 0 Å². The van der Waals surface area contributed by atoms with Crippen LogP contribution in [0.25, 0.3) is 0 Å². The van der Waals surface area contributed by atoms with E-state index < -0.39 is 18.2 Å². The molecule has 0 fully saturated rings. The topological polar surface area (TPSA) is 77.8 Å². The minimum atomic E-state index is -0.906. The zero-order valence-corrected chi connectivity index (χ0v) is 11.5. The molecule has 0 bridgehead atoms. The third-order valence-electron chi connectivity index (χ3n) is 2.72. The standard InChI is InChI=1S/C13H17BrO4/c14-8-7-11(15)13(18)10-4-1-9(2-5-10)3-6-12(16)17/h1-2,4-5,11,13,15,18H,3,6-8H2,(H,16,17).